The zero-order valence-electron chi connectivity index (χ0n) is 18.0. The van der Waals surface area contributed by atoms with Crippen molar-refractivity contribution in [1.29, 1.82) is 0 Å². The molecule has 1 unspecified atom stereocenters. The minimum Gasteiger partial charge on any atom is -0.497 e. The van der Waals surface area contributed by atoms with Gasteiger partial charge in [0.25, 0.3) is 11.8 Å². The van der Waals surface area contributed by atoms with E-state index in [2.05, 4.69) is 5.10 Å². The molecule has 2 atom stereocenters. The Morgan fingerprint density at radius 2 is 1.77 bits per heavy atom. The van der Waals surface area contributed by atoms with Gasteiger partial charge < -0.3 is 14.5 Å². The van der Waals surface area contributed by atoms with Crippen molar-refractivity contribution in [2.45, 2.75) is 12.5 Å². The maximum absolute atomic E-state index is 13.1. The van der Waals surface area contributed by atoms with Crippen LogP contribution in [0.1, 0.15) is 23.6 Å². The summed E-state index contributed by atoms with van der Waals surface area (Å²) in [5, 5.41) is 6.26. The summed E-state index contributed by atoms with van der Waals surface area (Å²) in [6.07, 6.45) is 0.637. The van der Waals surface area contributed by atoms with E-state index in [-0.39, 0.29) is 30.9 Å². The second-order valence-electron chi connectivity index (χ2n) is 7.74. The van der Waals surface area contributed by atoms with Gasteiger partial charge >= 0.3 is 0 Å². The molecular formula is C23H29N4O3+. The molecule has 1 aliphatic heterocycles. The second-order valence-corrected chi connectivity index (χ2v) is 7.74. The molecule has 0 bridgehead atoms. The van der Waals surface area contributed by atoms with Crippen molar-refractivity contribution in [3.63, 3.8) is 0 Å². The van der Waals surface area contributed by atoms with Crippen LogP contribution in [0, 0.1) is 0 Å². The zero-order chi connectivity index (χ0) is 21.7. The summed E-state index contributed by atoms with van der Waals surface area (Å²) in [5.74, 6) is 0.651. The average Bonchev–Trinajstić information content (AvgIpc) is 3.20. The van der Waals surface area contributed by atoms with Gasteiger partial charge in [-0.15, -0.1) is 0 Å². The number of amides is 2. The Hall–Kier alpha value is -3.19. The first kappa shape index (κ1) is 21.5. The van der Waals surface area contributed by atoms with Crippen molar-refractivity contribution in [3.8, 4) is 5.75 Å². The minimum absolute atomic E-state index is 0.0121. The molecule has 2 aromatic rings. The topological polar surface area (TPSA) is 66.6 Å². The van der Waals surface area contributed by atoms with E-state index in [9.17, 15) is 9.59 Å². The lowest BCUT2D eigenvalue weighted by atomic mass is 9.98. The number of methoxy groups -OCH3 is 1. The van der Waals surface area contributed by atoms with Crippen LogP contribution in [0.25, 0.3) is 0 Å². The summed E-state index contributed by atoms with van der Waals surface area (Å²) in [5.41, 5.74) is 2.89. The number of likely N-dealkylation sites (N-methyl/N-ethyl adjacent to an activating group) is 2. The third-order valence-electron chi connectivity index (χ3n) is 5.18. The van der Waals surface area contributed by atoms with Crippen LogP contribution in [0.3, 0.4) is 0 Å². The number of ether oxygens (including phenoxy) is 1. The van der Waals surface area contributed by atoms with Crippen molar-refractivity contribution >= 4 is 17.5 Å². The number of nitrogens with zero attached hydrogens (tertiary/aromatic N) is 3. The predicted octanol–water partition coefficient (Wildman–Crippen LogP) is 0.976. The molecular weight excluding hydrogens is 380 g/mol. The Labute approximate surface area is 177 Å². The summed E-state index contributed by atoms with van der Waals surface area (Å²) in [6, 6.07) is 17.5. The van der Waals surface area contributed by atoms with E-state index >= 15 is 0 Å². The molecule has 0 aromatic heterocycles. The van der Waals surface area contributed by atoms with Gasteiger partial charge in [-0.3, -0.25) is 9.59 Å². The Morgan fingerprint density at radius 3 is 2.37 bits per heavy atom. The summed E-state index contributed by atoms with van der Waals surface area (Å²) in [6.45, 7) is 0.451. The summed E-state index contributed by atoms with van der Waals surface area (Å²) < 4.78 is 5.26. The Kier molecular flexibility index (Phi) is 6.84. The Morgan fingerprint density at radius 1 is 1.10 bits per heavy atom. The maximum atomic E-state index is 13.1. The number of nitrogens with one attached hydrogen (secondary N) is 1. The Bertz CT molecular complexity index is 910. The zero-order valence-corrected chi connectivity index (χ0v) is 18.0. The highest BCUT2D eigenvalue weighted by molar-refractivity contribution is 6.03. The first-order valence-electron chi connectivity index (χ1n) is 9.99. The molecule has 0 radical (unpaired) electrons. The number of hydrazone groups is 1. The fraction of sp³-hybridized carbons (Fsp3) is 0.348. The average molecular weight is 410 g/mol. The van der Waals surface area contributed by atoms with Crippen LogP contribution >= 0.6 is 0 Å². The van der Waals surface area contributed by atoms with Gasteiger partial charge in [-0.25, -0.2) is 5.01 Å². The molecule has 0 aliphatic carbocycles. The van der Waals surface area contributed by atoms with Crippen LogP contribution in [0.15, 0.2) is 59.7 Å². The fourth-order valence-electron chi connectivity index (χ4n) is 3.45. The molecule has 7 nitrogen and oxygen atoms in total. The van der Waals surface area contributed by atoms with Gasteiger partial charge in [0.05, 0.1) is 25.9 Å². The lowest BCUT2D eigenvalue weighted by Gasteiger charge is -2.24. The number of hydrogen-bond acceptors (Lipinski definition) is 4. The molecule has 1 heterocycles. The number of hydrogen-bond donors (Lipinski definition) is 1. The monoisotopic (exact) mass is 409 g/mol. The Balaban J connectivity index is 1.82. The second kappa shape index (κ2) is 9.54. The van der Waals surface area contributed by atoms with E-state index < -0.39 is 0 Å². The van der Waals surface area contributed by atoms with Crippen molar-refractivity contribution in [3.05, 3.63) is 65.7 Å². The van der Waals surface area contributed by atoms with Gasteiger partial charge in [-0.05, 0) is 23.3 Å². The number of carbonyl (C=O) groups excluding carboxylic acids is 2. The van der Waals surface area contributed by atoms with E-state index in [1.165, 1.54) is 4.90 Å². The van der Waals surface area contributed by atoms with E-state index in [0.717, 1.165) is 27.5 Å². The first-order chi connectivity index (χ1) is 14.4. The first-order valence-corrected chi connectivity index (χ1v) is 9.99. The maximum Gasteiger partial charge on any atom is 0.298 e. The molecule has 2 amide bonds. The van der Waals surface area contributed by atoms with Crippen LogP contribution in [0.2, 0.25) is 0 Å². The lowest BCUT2D eigenvalue weighted by Crippen LogP contribution is -3.11. The van der Waals surface area contributed by atoms with Crippen molar-refractivity contribution in [2.75, 3.05) is 41.3 Å². The van der Waals surface area contributed by atoms with Crippen LogP contribution in [-0.2, 0) is 9.59 Å². The molecule has 1 N–H and O–H groups in total. The molecule has 7 heteroatoms. The number of rotatable bonds is 7. The number of quaternary nitrogens is 1. The largest absolute Gasteiger partial charge is 0.497 e. The van der Waals surface area contributed by atoms with Gasteiger partial charge in [-0.2, -0.15) is 5.10 Å². The molecule has 1 aliphatic rings. The van der Waals surface area contributed by atoms with Crippen LogP contribution in [0.4, 0.5) is 0 Å². The molecule has 2 aromatic carbocycles. The highest BCUT2D eigenvalue weighted by Crippen LogP contribution is 2.33. The van der Waals surface area contributed by atoms with E-state index in [1.54, 1.807) is 26.2 Å². The fourth-order valence-corrected chi connectivity index (χ4v) is 3.45. The van der Waals surface area contributed by atoms with Crippen molar-refractivity contribution in [2.24, 2.45) is 5.10 Å². The van der Waals surface area contributed by atoms with E-state index in [0.29, 0.717) is 6.42 Å². The van der Waals surface area contributed by atoms with Crippen LogP contribution in [-0.4, -0.2) is 68.8 Å². The third-order valence-corrected chi connectivity index (χ3v) is 5.18. The van der Waals surface area contributed by atoms with Crippen LogP contribution < -0.4 is 9.64 Å². The molecule has 0 spiro atoms. The van der Waals surface area contributed by atoms with E-state index in [1.807, 2.05) is 61.6 Å². The third kappa shape index (κ3) is 5.04. The molecule has 3 rings (SSSR count). The van der Waals surface area contributed by atoms with E-state index in [4.69, 9.17) is 4.74 Å². The van der Waals surface area contributed by atoms with Gasteiger partial charge in [-0.1, -0.05) is 42.5 Å². The molecule has 158 valence electrons. The van der Waals surface area contributed by atoms with Gasteiger partial charge in [0, 0.05) is 20.5 Å². The van der Waals surface area contributed by atoms with Crippen molar-refractivity contribution in [1.82, 2.24) is 9.91 Å². The summed E-state index contributed by atoms with van der Waals surface area (Å²) >= 11 is 0. The van der Waals surface area contributed by atoms with Gasteiger partial charge in [0.15, 0.2) is 13.1 Å². The highest BCUT2D eigenvalue weighted by atomic mass is 16.5. The number of benzene rings is 2. The lowest BCUT2D eigenvalue weighted by molar-refractivity contribution is -0.863. The SMILES string of the molecule is COc1ccc([C@H]2CC(c3ccccc3)=NN2C(=O)C[NH+](C)CC(=O)N(C)C)cc1. The minimum atomic E-state index is -0.184. The predicted molar refractivity (Wildman–Crippen MR) is 115 cm³/mol. The molecule has 0 saturated carbocycles. The smallest absolute Gasteiger partial charge is 0.298 e. The van der Waals surface area contributed by atoms with Crippen LogP contribution in [0.5, 0.6) is 5.75 Å². The summed E-state index contributed by atoms with van der Waals surface area (Å²) in [4.78, 5) is 27.5. The molecule has 0 fully saturated rings. The van der Waals surface area contributed by atoms with Crippen molar-refractivity contribution < 1.29 is 19.2 Å². The standard InChI is InChI=1S/C23H28N4O3/c1-25(2)22(28)15-26(3)16-23(29)27-21(18-10-12-19(30-4)13-11-18)14-20(24-27)17-8-6-5-7-9-17/h5-13,21H,14-16H2,1-4H3/p+1/t21-/m1/s1. The summed E-state index contributed by atoms with van der Waals surface area (Å²) in [7, 11) is 6.91. The number of carbonyl (C=O) groups is 2. The highest BCUT2D eigenvalue weighted by Gasteiger charge is 2.34. The van der Waals surface area contributed by atoms with Gasteiger partial charge in [0.2, 0.25) is 0 Å². The quantitative estimate of drug-likeness (QED) is 0.741. The normalized spacial score (nSPS) is 16.7. The van der Waals surface area contributed by atoms with Gasteiger partial charge in [0.1, 0.15) is 5.75 Å². The molecule has 0 saturated heterocycles. The molecule has 30 heavy (non-hydrogen) atoms.